The Morgan fingerprint density at radius 1 is 0.759 bits per heavy atom. The first-order chi connectivity index (χ1) is 63.6. The third kappa shape index (κ3) is 24.0. The summed E-state index contributed by atoms with van der Waals surface area (Å²) in [4.78, 5) is 243. The van der Waals surface area contributed by atoms with Crippen LogP contribution < -0.4 is 48.7 Å². The summed E-state index contributed by atoms with van der Waals surface area (Å²) >= 11 is 5.56. The number of allylic oxidation sites excluding steroid dienone is 2. The van der Waals surface area contributed by atoms with Crippen LogP contribution in [-0.2, 0) is 61.0 Å². The minimum atomic E-state index is -1.84. The minimum absolute atomic E-state index is 0.00174. The highest BCUT2D eigenvalue weighted by molar-refractivity contribution is 8.14. The molecule has 0 unspecified atom stereocenters. The molecule has 11 heterocycles. The van der Waals surface area contributed by atoms with E-state index in [-0.39, 0.29) is 176 Å². The number of anilines is 1. The smallest absolute Gasteiger partial charge is 0.410 e. The second-order valence-electron chi connectivity index (χ2n) is 31.7. The van der Waals surface area contributed by atoms with E-state index in [1.54, 1.807) is 86.5 Å². The number of aromatic amines is 1. The van der Waals surface area contributed by atoms with Crippen molar-refractivity contribution in [1.82, 2.24) is 81.5 Å². The molecule has 0 spiro atoms. The number of pyridine rings is 1. The van der Waals surface area contributed by atoms with Gasteiger partial charge in [-0.3, -0.25) is 52.7 Å². The third-order valence-electron chi connectivity index (χ3n) is 22.0. The molecule has 7 aromatic heterocycles. The topological polar surface area (TPSA) is 563 Å². The van der Waals surface area contributed by atoms with Gasteiger partial charge in [0.2, 0.25) is 28.9 Å². The standard InChI is InChI=1S/C88H93N19O20S6/c1-8-53-81-97-55(36-130-81)61(109)31-50-32-64(127-88(124)106-28-26-105(27-29-106)87(123)126-34-47-19-21-51(22-20-47)93-74(115)48(15-13-24-91-86(90)122)30-62(110)68(42(2)3)102-65(112)17-10-9-11-25-107-43(4)18-23-66(107)113)84(120)125-35-49-14-12-16-54-67(49)44(5)69(94-54)85(121)133-41-60(96-76(117)58-38-128-79(50)99-58)82-98-56(37-131-82)71-52(80-100-59(39-129-80)77(118)104-70(46(7)108)78(119)95-53)33-63(111)72(103-71)83-101-57(40-132-83)75(116)92-45(6)73(89)114/h8,12,14,16,18-23,33,36-40,42,46,48,50,60,64,68,70,94,108,111H,4,6,9-11,13,15,17,24-32,34-35,41H2,1-3,5,7H3,(H2,89,114)(H,92,116)(H,93,115)(H,95,119)(H,96,117)(H,102,112)(H,104,118)(H3,90,91,122)/b53-8-/t46-,48-,50+,60+,64+,68+,70+/m1/s1. The Hall–Kier alpha value is -13.6. The maximum absolute atomic E-state index is 15.1. The molecule has 14 N–H and O–H groups in total. The molecule has 1 fully saturated rings. The van der Waals surface area contributed by atoms with Crippen molar-refractivity contribution in [3.8, 4) is 38.4 Å². The van der Waals surface area contributed by atoms with Crippen molar-refractivity contribution in [2.45, 2.75) is 142 Å². The summed E-state index contributed by atoms with van der Waals surface area (Å²) < 4.78 is 18.0. The molecule has 696 valence electrons. The monoisotopic (exact) mass is 1930 g/mol. The van der Waals surface area contributed by atoms with Gasteiger partial charge >= 0.3 is 24.2 Å². The molecule has 4 aliphatic rings. The number of Topliss-reactive ketones (excluding diaryl/α,β-unsaturated/α-hetero) is 2. The predicted molar refractivity (Wildman–Crippen MR) is 494 cm³/mol. The number of carbonyl (C=O) groups excluding carboxylic acids is 15. The largest absolute Gasteiger partial charge is 0.506 e. The molecule has 133 heavy (non-hydrogen) atoms. The molecule has 2 aromatic carbocycles. The van der Waals surface area contributed by atoms with Crippen LogP contribution in [0.2, 0.25) is 0 Å². The van der Waals surface area contributed by atoms with Crippen molar-refractivity contribution in [2.75, 3.05) is 50.3 Å². The van der Waals surface area contributed by atoms with Gasteiger partial charge in [-0.1, -0.05) is 75.5 Å². The van der Waals surface area contributed by atoms with Crippen molar-refractivity contribution in [1.29, 1.82) is 0 Å². The van der Waals surface area contributed by atoms with E-state index in [0.29, 0.717) is 64.8 Å². The fourth-order valence-corrected chi connectivity index (χ4v) is 20.0. The summed E-state index contributed by atoms with van der Waals surface area (Å²) in [5.41, 5.74) is 12.5. The molecule has 4 aliphatic heterocycles. The van der Waals surface area contributed by atoms with E-state index in [4.69, 9.17) is 40.6 Å². The van der Waals surface area contributed by atoms with Gasteiger partial charge in [0.05, 0.1) is 40.3 Å². The number of nitrogens with one attached hydrogen (secondary N) is 8. The first-order valence-electron chi connectivity index (χ1n) is 42.0. The highest BCUT2D eigenvalue weighted by Crippen LogP contribution is 2.43. The van der Waals surface area contributed by atoms with Gasteiger partial charge in [-0.25, -0.2) is 49.1 Å². The summed E-state index contributed by atoms with van der Waals surface area (Å²) in [7, 11) is 0. The molecule has 39 nitrogen and oxygen atoms in total. The Labute approximate surface area is 783 Å². The average Bonchev–Trinajstić information content (AvgIpc) is 1.65. The second-order valence-corrected chi connectivity index (χ2v) is 37.1. The number of nitrogens with two attached hydrogens (primary N) is 2. The number of nitrogens with zero attached hydrogens (tertiary/aromatic N) is 9. The number of esters is 1. The number of amides is 12. The number of unbranched alkanes of at least 4 members (excludes halogenated alkanes) is 2. The Bertz CT molecular complexity index is 6120. The molecule has 0 saturated carbocycles. The highest BCUT2D eigenvalue weighted by atomic mass is 32.2. The van der Waals surface area contributed by atoms with Gasteiger partial charge in [0, 0.05) is 143 Å². The van der Waals surface area contributed by atoms with Gasteiger partial charge in [0.25, 0.3) is 29.5 Å². The number of thiazole rings is 5. The van der Waals surface area contributed by atoms with Gasteiger partial charge in [0.15, 0.2) is 11.6 Å². The fourth-order valence-electron chi connectivity index (χ4n) is 14.8. The van der Waals surface area contributed by atoms with Crippen LogP contribution in [0, 0.1) is 18.8 Å². The zero-order chi connectivity index (χ0) is 95.2. The Kier molecular flexibility index (Phi) is 31.8. The van der Waals surface area contributed by atoms with Gasteiger partial charge in [-0.05, 0) is 99.4 Å². The lowest BCUT2D eigenvalue weighted by molar-refractivity contribution is -0.156. The number of carbonyl (C=O) groups is 15. The number of fused-ring (bicyclic) bond motifs is 13. The third-order valence-corrected chi connectivity index (χ3v) is 27.5. The van der Waals surface area contributed by atoms with Gasteiger partial charge in [-0.2, -0.15) is 0 Å². The maximum atomic E-state index is 15.1. The van der Waals surface area contributed by atoms with Crippen LogP contribution in [0.4, 0.5) is 20.1 Å². The van der Waals surface area contributed by atoms with Crippen molar-refractivity contribution in [2.24, 2.45) is 23.3 Å². The van der Waals surface area contributed by atoms with Crippen LogP contribution in [0.1, 0.15) is 182 Å². The Morgan fingerprint density at radius 2 is 1.44 bits per heavy atom. The molecule has 1 saturated heterocycles. The molecule has 12 amide bonds. The number of thioether (sulfide) groups is 1. The zero-order valence-electron chi connectivity index (χ0n) is 72.4. The van der Waals surface area contributed by atoms with E-state index < -0.39 is 144 Å². The van der Waals surface area contributed by atoms with Crippen LogP contribution in [0.3, 0.4) is 0 Å². The predicted octanol–water partition coefficient (Wildman–Crippen LogP) is 9.44. The van der Waals surface area contributed by atoms with E-state index >= 15 is 14.4 Å². The number of aliphatic hydroxyl groups excluding tert-OH is 1. The Morgan fingerprint density at radius 3 is 2.16 bits per heavy atom. The van der Waals surface area contributed by atoms with Crippen LogP contribution in [0.15, 0.2) is 118 Å². The first-order valence-corrected chi connectivity index (χ1v) is 47.4. The lowest BCUT2D eigenvalue weighted by Gasteiger charge is -2.34. The van der Waals surface area contributed by atoms with Gasteiger partial charge < -0.3 is 92.8 Å². The van der Waals surface area contributed by atoms with Gasteiger partial charge in [-0.15, -0.1) is 56.7 Å². The van der Waals surface area contributed by atoms with E-state index in [9.17, 15) is 67.7 Å². The molecule has 12 bridgehead atoms. The molecule has 7 atom stereocenters. The number of urea groups is 1. The molecule has 0 aliphatic carbocycles. The molecular formula is C88H93N19O20S6. The van der Waals surface area contributed by atoms with E-state index in [1.807, 2.05) is 0 Å². The van der Waals surface area contributed by atoms with E-state index in [1.165, 1.54) is 56.5 Å². The first kappa shape index (κ1) is 96.9. The van der Waals surface area contributed by atoms with Crippen LogP contribution in [-0.4, -0.2) is 217 Å². The summed E-state index contributed by atoms with van der Waals surface area (Å²) in [6.45, 7) is 14.9. The quantitative estimate of drug-likeness (QED) is 0.0110. The van der Waals surface area contributed by atoms with Crippen molar-refractivity contribution in [3.63, 3.8) is 0 Å². The SMILES string of the molecule is C=C(NC(=O)c1csc(-c2nc3c(cc2O)-c2nc(cs2)C(=O)N[C@@H]([C@@H](C)O)C(=O)N/C(=C\C)c2nc(cs2)C(=O)C[C@H]2C[C@H](OC(=O)N4CCN(C(=O)OCc5ccc(NC(=O)[C@H](CCCNC(N)=O)CC(=O)[C@@H](NC(=O)CCCCCN6C(=C)C=CC6=O)C(C)C)cc5)CC4)C(=O)OCc4cccc5[nH]c(c(C)c45)C(=O)SC[C@H](NC(=O)c4csc2n4)c2nc-3cs2)n1)C(N)=O. The number of piperazine rings is 1. The number of ether oxygens (including phenoxy) is 3. The number of H-pyrrole nitrogens is 1. The number of primary amides is 2. The number of benzene rings is 2. The Balaban J connectivity index is 0.737. The normalized spacial score (nSPS) is 17.9. The number of cyclic esters (lactones) is 1. The summed E-state index contributed by atoms with van der Waals surface area (Å²) in [5, 5.41) is 49.3. The maximum Gasteiger partial charge on any atom is 0.410 e. The van der Waals surface area contributed by atoms with E-state index in [2.05, 4.69) is 70.3 Å². The number of aromatic hydroxyl groups is 1. The fraction of sp³-hybridized carbons (Fsp3) is 0.352. The van der Waals surface area contributed by atoms with Crippen molar-refractivity contribution < 1.29 is 96.3 Å². The van der Waals surface area contributed by atoms with Crippen LogP contribution >= 0.6 is 68.4 Å². The van der Waals surface area contributed by atoms with Crippen molar-refractivity contribution in [3.05, 3.63) is 178 Å². The van der Waals surface area contributed by atoms with E-state index in [0.717, 1.165) is 68.4 Å². The number of hydrogen-bond acceptors (Lipinski definition) is 32. The molecular weight excluding hydrogens is 1840 g/mol. The number of aryl methyl sites for hydroxylation is 1. The number of rotatable bonds is 25. The molecule has 45 heteroatoms. The lowest BCUT2D eigenvalue weighted by Crippen LogP contribution is -2.52. The minimum Gasteiger partial charge on any atom is -0.506 e. The number of hydrogen-bond donors (Lipinski definition) is 12. The average molecular weight is 1930 g/mol. The summed E-state index contributed by atoms with van der Waals surface area (Å²) in [6, 6.07) is 8.32. The van der Waals surface area contributed by atoms with Crippen LogP contribution in [0.25, 0.3) is 49.3 Å². The highest BCUT2D eigenvalue weighted by Gasteiger charge is 2.39. The second kappa shape index (κ2) is 43.6. The van der Waals surface area contributed by atoms with Crippen molar-refractivity contribution >= 4 is 179 Å². The number of aromatic nitrogens is 7. The lowest BCUT2D eigenvalue weighted by atomic mass is 9.89. The van der Waals surface area contributed by atoms with Crippen LogP contribution in [0.5, 0.6) is 5.75 Å². The zero-order valence-corrected chi connectivity index (χ0v) is 77.3. The van der Waals surface area contributed by atoms with Gasteiger partial charge in [0.1, 0.15) is 84.9 Å². The molecule has 0 radical (unpaired) electrons. The summed E-state index contributed by atoms with van der Waals surface area (Å²) in [5.74, 6) is -10.6. The number of ketones is 2. The molecule has 13 rings (SSSR count). The summed E-state index contributed by atoms with van der Waals surface area (Å²) in [6.07, 6.45) is 0.578. The number of aliphatic hydroxyl groups is 1. The molecule has 9 aromatic rings.